The molecular weight excluding hydrogens is 649 g/mol. The fourth-order valence-corrected chi connectivity index (χ4v) is 82.8. The van der Waals surface area contributed by atoms with Gasteiger partial charge in [0.15, 0.2) is 5.73 Å². The van der Waals surface area contributed by atoms with Gasteiger partial charge in [0.2, 0.25) is 0 Å². The van der Waals surface area contributed by atoms with E-state index in [2.05, 4.69) is 150 Å². The van der Waals surface area contributed by atoms with Crippen LogP contribution in [0.3, 0.4) is 0 Å². The van der Waals surface area contributed by atoms with Crippen LogP contribution in [0.15, 0.2) is 47.8 Å². The molecule has 0 amide bonds. The van der Waals surface area contributed by atoms with Crippen LogP contribution in [0, 0.1) is 62.3 Å². The molecule has 3 aromatic carbocycles. The number of allylic oxidation sites excluding steroid dienone is 2. The number of nitrogens with zero attached hydrogens (tertiary/aromatic N) is 2. The number of halogens is 1. The van der Waals surface area contributed by atoms with E-state index in [1.54, 1.807) is 21.0 Å². The molecule has 5 rings (SSSR count). The Labute approximate surface area is 278 Å². The fourth-order valence-electron chi connectivity index (χ4n) is 9.28. The number of rotatable bonds is 5. The fraction of sp³-hybridized carbons (Fsp3) is 0.447. The average molecular weight is 702 g/mol. The summed E-state index contributed by atoms with van der Waals surface area (Å²) in [6, 6.07) is 15.7. The summed E-state index contributed by atoms with van der Waals surface area (Å²) in [6.07, 6.45) is 0. The minimum Gasteiger partial charge on any atom is -0.333 e. The van der Waals surface area contributed by atoms with E-state index in [1.807, 2.05) is 0 Å². The van der Waals surface area contributed by atoms with Gasteiger partial charge in [0.05, 0.1) is 12.9 Å². The summed E-state index contributed by atoms with van der Waals surface area (Å²) >= 11 is 5.02. The lowest BCUT2D eigenvalue weighted by atomic mass is 10.1. The summed E-state index contributed by atoms with van der Waals surface area (Å²) in [5, 5.41) is 5.12. The van der Waals surface area contributed by atoms with E-state index in [0.29, 0.717) is 12.1 Å². The minimum atomic E-state index is -2.42. The third kappa shape index (κ3) is 4.60. The van der Waals surface area contributed by atoms with Gasteiger partial charge < -0.3 is 9.80 Å². The third-order valence-electron chi connectivity index (χ3n) is 10.3. The molecule has 1 fully saturated rings. The molecule has 2 nitrogen and oxygen atoms in total. The van der Waals surface area contributed by atoms with Crippen LogP contribution in [-0.4, -0.2) is 47.6 Å². The molecule has 0 saturated carbocycles. The van der Waals surface area contributed by atoms with Gasteiger partial charge in [-0.2, -0.15) is 0 Å². The Bertz CT molecular complexity index is 1610. The molecule has 0 N–H and O–H groups in total. The van der Waals surface area contributed by atoms with E-state index < -0.39 is 20.3 Å². The molecular formula is C38H53BrN2Si3. The molecule has 1 saturated heterocycles. The van der Waals surface area contributed by atoms with Crippen LogP contribution < -0.4 is 15.6 Å². The van der Waals surface area contributed by atoms with E-state index in [1.165, 1.54) is 61.5 Å². The molecule has 0 spiro atoms. The van der Waals surface area contributed by atoms with Crippen molar-refractivity contribution in [2.45, 2.75) is 116 Å². The SMILES string of the molecule is CC1=C(C)N(C(C)C)C(=[Si]2[Si](Br)(c3c(C)cc(C)cc3C)[Si]2(c2c(C)cc(C)cc2C)c2c(C)cc(C)cc2C)N1C(C)C. The third-order valence-corrected chi connectivity index (χ3v) is 61.2. The van der Waals surface area contributed by atoms with Gasteiger partial charge in [0.25, 0.3) is 0 Å². The predicted octanol–water partition coefficient (Wildman–Crippen LogP) is 7.37. The maximum atomic E-state index is 5.02. The van der Waals surface area contributed by atoms with E-state index >= 15 is 0 Å². The zero-order chi connectivity index (χ0) is 32.8. The van der Waals surface area contributed by atoms with Crippen LogP contribution in [-0.2, 0) is 0 Å². The van der Waals surface area contributed by atoms with Gasteiger partial charge in [0, 0.05) is 23.5 Å². The first-order chi connectivity index (χ1) is 20.4. The first-order valence-corrected chi connectivity index (χ1v) is 27.1. The maximum Gasteiger partial charge on any atom is 0.172 e. The van der Waals surface area contributed by atoms with Crippen molar-refractivity contribution in [3.8, 4) is 0 Å². The molecule has 2 heterocycles. The lowest BCUT2D eigenvalue weighted by Gasteiger charge is -2.34. The molecule has 2 aliphatic rings. The molecule has 6 heteroatoms. The monoisotopic (exact) mass is 700 g/mol. The van der Waals surface area contributed by atoms with Crippen LogP contribution in [0.2, 0.25) is 0 Å². The second-order valence-corrected chi connectivity index (χ2v) is 44.5. The zero-order valence-electron chi connectivity index (χ0n) is 29.9. The van der Waals surface area contributed by atoms with Crippen molar-refractivity contribution in [1.82, 2.24) is 9.80 Å². The number of aryl methyl sites for hydroxylation is 9. The molecule has 1 atom stereocenters. The Balaban J connectivity index is 2.13. The van der Waals surface area contributed by atoms with Gasteiger partial charge in [-0.1, -0.05) is 86.5 Å². The Kier molecular flexibility index (Phi) is 8.61. The zero-order valence-corrected chi connectivity index (χ0v) is 34.5. The lowest BCUT2D eigenvalue weighted by Crippen LogP contribution is -2.62. The molecule has 2 aliphatic heterocycles. The van der Waals surface area contributed by atoms with E-state index in [-0.39, 0.29) is 0 Å². The highest BCUT2D eigenvalue weighted by atomic mass is 79.9. The van der Waals surface area contributed by atoms with Crippen LogP contribution in [0.25, 0.3) is 0 Å². The molecule has 234 valence electrons. The largest absolute Gasteiger partial charge is 0.333 e. The summed E-state index contributed by atoms with van der Waals surface area (Å²) in [5.74, 6) is 0. The van der Waals surface area contributed by atoms with E-state index in [0.717, 1.165) is 0 Å². The summed E-state index contributed by atoms with van der Waals surface area (Å²) in [4.78, 5) is 5.55. The summed E-state index contributed by atoms with van der Waals surface area (Å²) < 4.78 is 0. The Hall–Kier alpha value is -2.00. The molecule has 1 unspecified atom stereocenters. The normalized spacial score (nSPS) is 19.8. The molecule has 3 aromatic rings. The van der Waals surface area contributed by atoms with Crippen molar-refractivity contribution in [2.75, 3.05) is 0 Å². The Morgan fingerprint density at radius 3 is 1.05 bits per heavy atom. The number of benzene rings is 3. The topological polar surface area (TPSA) is 6.48 Å². The highest BCUT2D eigenvalue weighted by Crippen LogP contribution is 2.48. The average Bonchev–Trinajstić information content (AvgIpc) is 3.26. The maximum absolute atomic E-state index is 5.02. The van der Waals surface area contributed by atoms with Crippen LogP contribution in [0.5, 0.6) is 0 Å². The van der Waals surface area contributed by atoms with Crippen molar-refractivity contribution in [2.24, 2.45) is 0 Å². The number of hydrogen-bond acceptors (Lipinski definition) is 2. The van der Waals surface area contributed by atoms with Crippen molar-refractivity contribution in [3.05, 3.63) is 97.9 Å². The van der Waals surface area contributed by atoms with Gasteiger partial charge in [-0.3, -0.25) is 0 Å². The summed E-state index contributed by atoms with van der Waals surface area (Å²) in [6.45, 7) is 35.7. The molecule has 0 radical (unpaired) electrons. The quantitative estimate of drug-likeness (QED) is 0.203. The highest BCUT2D eigenvalue weighted by Gasteiger charge is 2.82. The number of hydrogen-bond donors (Lipinski definition) is 0. The predicted molar refractivity (Wildman–Crippen MR) is 204 cm³/mol. The van der Waals surface area contributed by atoms with Crippen LogP contribution in [0.4, 0.5) is 0 Å². The second kappa shape index (κ2) is 11.4. The van der Waals surface area contributed by atoms with Gasteiger partial charge in [0.1, 0.15) is 7.11 Å². The van der Waals surface area contributed by atoms with E-state index in [4.69, 9.17) is 15.3 Å². The Morgan fingerprint density at radius 1 is 0.500 bits per heavy atom. The lowest BCUT2D eigenvalue weighted by molar-refractivity contribution is 0.387. The molecule has 0 aromatic heterocycles. The first kappa shape index (κ1) is 33.4. The van der Waals surface area contributed by atoms with Crippen molar-refractivity contribution < 1.29 is 0 Å². The van der Waals surface area contributed by atoms with Crippen LogP contribution in [0.1, 0.15) is 91.6 Å². The minimum absolute atomic E-state index is 0.403. The van der Waals surface area contributed by atoms with Crippen molar-refractivity contribution in [1.29, 1.82) is 0 Å². The smallest absolute Gasteiger partial charge is 0.172 e. The highest BCUT2D eigenvalue weighted by molar-refractivity contribution is 9.33. The molecule has 0 bridgehead atoms. The van der Waals surface area contributed by atoms with Gasteiger partial charge >= 0.3 is 0 Å². The van der Waals surface area contributed by atoms with Crippen molar-refractivity contribution in [3.63, 3.8) is 0 Å². The van der Waals surface area contributed by atoms with Gasteiger partial charge in [-0.15, -0.1) is 15.3 Å². The molecule has 44 heavy (non-hydrogen) atoms. The van der Waals surface area contributed by atoms with Gasteiger partial charge in [-0.25, -0.2) is 0 Å². The first-order valence-electron chi connectivity index (χ1n) is 16.4. The summed E-state index contributed by atoms with van der Waals surface area (Å²) in [5.41, 5.74) is 15.3. The molecule has 0 aliphatic carbocycles. The van der Waals surface area contributed by atoms with Crippen molar-refractivity contribution >= 4 is 56.6 Å². The second-order valence-electron chi connectivity index (χ2n) is 14.5. The van der Waals surface area contributed by atoms with E-state index in [9.17, 15) is 0 Å². The Morgan fingerprint density at radius 2 is 0.773 bits per heavy atom. The van der Waals surface area contributed by atoms with Gasteiger partial charge in [-0.05, 0) is 119 Å². The summed E-state index contributed by atoms with van der Waals surface area (Å²) in [7, 11) is -3.58. The van der Waals surface area contributed by atoms with Crippen LogP contribution >= 0.6 is 15.3 Å². The standard InChI is InChI=1S/C38H53BrN2Si3/c1-22(2)40-33(14)34(15)41(23(3)4)38(40)42-43(35-27(8)16-24(5)17-28(35)9,36-29(10)18-25(6)19-30(36)11)44(42,39)37-31(12)20-26(7)21-32(37)13/h16-23H,1-15H3.